The SMILES string of the molecule is CN1CCNCC1CO.COc1cc(Cl)c(-c2cc(Cl)ccc2Cl)cc1C=O. The maximum absolute atomic E-state index is 11.1. The second-order valence-electron chi connectivity index (χ2n) is 6.34. The van der Waals surface area contributed by atoms with Crippen LogP contribution in [0.5, 0.6) is 5.75 Å². The van der Waals surface area contributed by atoms with Gasteiger partial charge < -0.3 is 15.2 Å². The molecule has 1 heterocycles. The Kier molecular flexibility index (Phi) is 9.02. The van der Waals surface area contributed by atoms with Crippen LogP contribution < -0.4 is 10.1 Å². The molecule has 1 aliphatic rings. The van der Waals surface area contributed by atoms with E-state index >= 15 is 0 Å². The summed E-state index contributed by atoms with van der Waals surface area (Å²) in [5, 5.41) is 13.5. The second kappa shape index (κ2) is 11.0. The fraction of sp³-hybridized carbons (Fsp3) is 0.350. The van der Waals surface area contributed by atoms with Crippen LogP contribution in [0.25, 0.3) is 11.1 Å². The summed E-state index contributed by atoms with van der Waals surface area (Å²) in [6.45, 7) is 3.29. The zero-order valence-corrected chi connectivity index (χ0v) is 18.0. The molecule has 0 aliphatic carbocycles. The minimum Gasteiger partial charge on any atom is -0.496 e. The van der Waals surface area contributed by atoms with Crippen molar-refractivity contribution in [2.75, 3.05) is 40.4 Å². The van der Waals surface area contributed by atoms with Crippen molar-refractivity contribution in [2.24, 2.45) is 0 Å². The first-order valence-corrected chi connectivity index (χ1v) is 9.84. The molecule has 152 valence electrons. The highest BCUT2D eigenvalue weighted by Crippen LogP contribution is 2.38. The summed E-state index contributed by atoms with van der Waals surface area (Å²) in [7, 11) is 3.52. The molecule has 0 radical (unpaired) electrons. The number of halogens is 3. The number of aliphatic hydroxyl groups is 1. The van der Waals surface area contributed by atoms with E-state index in [1.165, 1.54) is 7.11 Å². The number of aldehydes is 1. The molecule has 0 spiro atoms. The second-order valence-corrected chi connectivity index (χ2v) is 7.59. The summed E-state index contributed by atoms with van der Waals surface area (Å²) in [4.78, 5) is 13.2. The maximum Gasteiger partial charge on any atom is 0.153 e. The highest BCUT2D eigenvalue weighted by atomic mass is 35.5. The van der Waals surface area contributed by atoms with Crippen LogP contribution in [-0.4, -0.2) is 62.7 Å². The molecular weight excluding hydrogens is 423 g/mol. The zero-order chi connectivity index (χ0) is 20.7. The summed E-state index contributed by atoms with van der Waals surface area (Å²) in [5.41, 5.74) is 1.71. The van der Waals surface area contributed by atoms with Gasteiger partial charge in [0.15, 0.2) is 6.29 Å². The number of hydrogen-bond acceptors (Lipinski definition) is 5. The average Bonchev–Trinajstić information content (AvgIpc) is 2.70. The molecule has 1 atom stereocenters. The number of likely N-dealkylation sites (N-methyl/N-ethyl adjacent to an activating group) is 1. The van der Waals surface area contributed by atoms with Crippen LogP contribution in [0.2, 0.25) is 15.1 Å². The van der Waals surface area contributed by atoms with Gasteiger partial charge in [-0.25, -0.2) is 0 Å². The third kappa shape index (κ3) is 5.83. The summed E-state index contributed by atoms with van der Waals surface area (Å²) in [6, 6.07) is 8.61. The number of nitrogens with one attached hydrogen (secondary N) is 1. The molecule has 0 saturated carbocycles. The third-order valence-electron chi connectivity index (χ3n) is 4.52. The number of benzene rings is 2. The van der Waals surface area contributed by atoms with Crippen LogP contribution in [0.3, 0.4) is 0 Å². The number of methoxy groups -OCH3 is 1. The van der Waals surface area contributed by atoms with Gasteiger partial charge in [-0.3, -0.25) is 9.69 Å². The molecular formula is C20H23Cl3N2O3. The molecule has 0 aromatic heterocycles. The van der Waals surface area contributed by atoms with Gasteiger partial charge in [-0.2, -0.15) is 0 Å². The normalized spacial score (nSPS) is 16.9. The molecule has 1 unspecified atom stereocenters. The van der Waals surface area contributed by atoms with Gasteiger partial charge in [0.25, 0.3) is 0 Å². The molecule has 2 aromatic rings. The van der Waals surface area contributed by atoms with Gasteiger partial charge >= 0.3 is 0 Å². The molecule has 28 heavy (non-hydrogen) atoms. The molecule has 3 rings (SSSR count). The first-order chi connectivity index (χ1) is 13.4. The Balaban J connectivity index is 0.000000261. The van der Waals surface area contributed by atoms with E-state index in [-0.39, 0.29) is 6.61 Å². The predicted octanol–water partition coefficient (Wildman–Crippen LogP) is 4.02. The van der Waals surface area contributed by atoms with E-state index in [0.717, 1.165) is 19.6 Å². The zero-order valence-electron chi connectivity index (χ0n) is 15.7. The van der Waals surface area contributed by atoms with E-state index in [1.807, 2.05) is 7.05 Å². The lowest BCUT2D eigenvalue weighted by molar-refractivity contribution is 0.112. The number of piperazine rings is 1. The smallest absolute Gasteiger partial charge is 0.153 e. The molecule has 8 heteroatoms. The molecule has 1 aliphatic heterocycles. The average molecular weight is 446 g/mol. The number of ether oxygens (including phenoxy) is 1. The van der Waals surface area contributed by atoms with Crippen molar-refractivity contribution in [3.63, 3.8) is 0 Å². The van der Waals surface area contributed by atoms with E-state index in [0.29, 0.717) is 49.8 Å². The van der Waals surface area contributed by atoms with E-state index in [2.05, 4.69) is 10.2 Å². The van der Waals surface area contributed by atoms with Gasteiger partial charge in [-0.1, -0.05) is 34.8 Å². The number of hydrogen-bond donors (Lipinski definition) is 2. The molecule has 0 bridgehead atoms. The van der Waals surface area contributed by atoms with Crippen LogP contribution in [0, 0.1) is 0 Å². The maximum atomic E-state index is 11.1. The van der Waals surface area contributed by atoms with E-state index in [4.69, 9.17) is 44.6 Å². The Morgan fingerprint density at radius 2 is 1.93 bits per heavy atom. The van der Waals surface area contributed by atoms with Crippen molar-refractivity contribution in [1.82, 2.24) is 10.2 Å². The van der Waals surface area contributed by atoms with Crippen molar-refractivity contribution < 1.29 is 14.6 Å². The van der Waals surface area contributed by atoms with Crippen LogP contribution in [0.1, 0.15) is 10.4 Å². The Labute approximate surface area is 180 Å². The molecule has 2 aromatic carbocycles. The number of aliphatic hydroxyl groups excluding tert-OH is 1. The standard InChI is InChI=1S/C14H9Cl3O2.C6H14N2O/c1-19-14-6-13(17)10(4-8(14)7-18)11-5-9(15)2-3-12(11)16;1-8-3-2-7-4-6(8)5-9/h2-7H,1H3;6-7,9H,2-5H2,1H3. The molecule has 1 saturated heterocycles. The summed E-state index contributed by atoms with van der Waals surface area (Å²) < 4.78 is 5.09. The minimum absolute atomic E-state index is 0.267. The van der Waals surface area contributed by atoms with Gasteiger partial charge in [-0.15, -0.1) is 0 Å². The van der Waals surface area contributed by atoms with Crippen LogP contribution in [0.4, 0.5) is 0 Å². The van der Waals surface area contributed by atoms with E-state index in [9.17, 15) is 4.79 Å². The lowest BCUT2D eigenvalue weighted by Gasteiger charge is -2.31. The first-order valence-electron chi connectivity index (χ1n) is 8.71. The van der Waals surface area contributed by atoms with Gasteiger partial charge in [-0.05, 0) is 31.3 Å². The molecule has 1 fully saturated rings. The molecule has 2 N–H and O–H groups in total. The van der Waals surface area contributed by atoms with E-state index in [1.54, 1.807) is 30.3 Å². The molecule has 0 amide bonds. The van der Waals surface area contributed by atoms with Crippen LogP contribution in [0.15, 0.2) is 30.3 Å². The fourth-order valence-electron chi connectivity index (χ4n) is 2.82. The summed E-state index contributed by atoms with van der Waals surface area (Å²) in [6.07, 6.45) is 0.705. The molecule has 5 nitrogen and oxygen atoms in total. The monoisotopic (exact) mass is 444 g/mol. The first kappa shape index (κ1) is 22.9. The number of rotatable bonds is 4. The van der Waals surface area contributed by atoms with Crippen LogP contribution in [-0.2, 0) is 0 Å². The Morgan fingerprint density at radius 3 is 2.50 bits per heavy atom. The highest BCUT2D eigenvalue weighted by Gasteiger charge is 2.16. The number of nitrogens with zero attached hydrogens (tertiary/aromatic N) is 1. The Bertz CT molecular complexity index is 818. The van der Waals surface area contributed by atoms with Gasteiger partial charge in [0, 0.05) is 52.9 Å². The third-order valence-corrected chi connectivity index (χ3v) is 5.40. The Morgan fingerprint density at radius 1 is 1.21 bits per heavy atom. The van der Waals surface area contributed by atoms with Crippen molar-refractivity contribution in [3.8, 4) is 16.9 Å². The van der Waals surface area contributed by atoms with Crippen molar-refractivity contribution in [3.05, 3.63) is 51.0 Å². The lowest BCUT2D eigenvalue weighted by Crippen LogP contribution is -2.50. The minimum atomic E-state index is 0.267. The highest BCUT2D eigenvalue weighted by molar-refractivity contribution is 6.37. The van der Waals surface area contributed by atoms with E-state index < -0.39 is 0 Å². The predicted molar refractivity (Wildman–Crippen MR) is 115 cm³/mol. The fourth-order valence-corrected chi connectivity index (χ4v) is 3.46. The topological polar surface area (TPSA) is 61.8 Å². The van der Waals surface area contributed by atoms with Crippen molar-refractivity contribution in [1.29, 1.82) is 0 Å². The van der Waals surface area contributed by atoms with Crippen molar-refractivity contribution in [2.45, 2.75) is 6.04 Å². The summed E-state index contributed by atoms with van der Waals surface area (Å²) in [5.74, 6) is 0.418. The summed E-state index contributed by atoms with van der Waals surface area (Å²) >= 11 is 18.3. The van der Waals surface area contributed by atoms with Gasteiger partial charge in [0.2, 0.25) is 0 Å². The lowest BCUT2D eigenvalue weighted by atomic mass is 10.0. The largest absolute Gasteiger partial charge is 0.496 e. The van der Waals surface area contributed by atoms with Crippen LogP contribution >= 0.6 is 34.8 Å². The van der Waals surface area contributed by atoms with Crippen molar-refractivity contribution >= 4 is 41.1 Å². The van der Waals surface area contributed by atoms with Gasteiger partial charge in [0.05, 0.1) is 24.3 Å². The Hall–Kier alpha value is -1.34. The number of carbonyl (C=O) groups is 1. The quantitative estimate of drug-likeness (QED) is 0.696. The van der Waals surface area contributed by atoms with Gasteiger partial charge in [0.1, 0.15) is 5.75 Å². The number of carbonyl (C=O) groups excluding carboxylic acids is 1.